The molecule has 0 radical (unpaired) electrons. The van der Waals surface area contributed by atoms with Crippen LogP contribution < -0.4 is 15.0 Å². The molecule has 0 spiro atoms. The number of carbonyl (C=O) groups is 2. The number of rotatable bonds is 5. The molecule has 0 fully saturated rings. The second-order valence-corrected chi connectivity index (χ2v) is 9.97. The molecule has 0 unspecified atom stereocenters. The maximum absolute atomic E-state index is 13.2. The first kappa shape index (κ1) is 21.3. The van der Waals surface area contributed by atoms with Crippen molar-refractivity contribution < 1.29 is 14.3 Å². The number of hydrogen-bond donors (Lipinski definition) is 1. The van der Waals surface area contributed by atoms with Gasteiger partial charge >= 0.3 is 0 Å². The molecule has 162 valence electrons. The number of ether oxygens (including phenoxy) is 1. The van der Waals surface area contributed by atoms with Crippen LogP contribution in [-0.4, -0.2) is 29.9 Å². The van der Waals surface area contributed by atoms with Gasteiger partial charge in [0.1, 0.15) is 12.4 Å². The molecule has 0 atom stereocenters. The fraction of sp³-hybridized carbons (Fsp3) is 0.375. The Balaban J connectivity index is 1.63. The Morgan fingerprint density at radius 1 is 1.26 bits per heavy atom. The number of anilines is 2. The van der Waals surface area contributed by atoms with Gasteiger partial charge in [-0.1, -0.05) is 26.0 Å². The predicted octanol–water partition coefficient (Wildman–Crippen LogP) is 5.35. The Morgan fingerprint density at radius 2 is 2.03 bits per heavy atom. The Morgan fingerprint density at radius 3 is 2.77 bits per heavy atom. The maximum atomic E-state index is 13.2. The smallest absolute Gasteiger partial charge is 0.284 e. The summed E-state index contributed by atoms with van der Waals surface area (Å²) < 4.78 is 6.94. The van der Waals surface area contributed by atoms with E-state index in [9.17, 15) is 9.59 Å². The molecule has 2 aromatic carbocycles. The molecule has 3 aromatic rings. The molecule has 0 aliphatic carbocycles. The lowest BCUT2D eigenvalue weighted by Crippen LogP contribution is -2.42. The van der Waals surface area contributed by atoms with Gasteiger partial charge in [-0.3, -0.25) is 9.59 Å². The number of amides is 2. The lowest BCUT2D eigenvalue weighted by molar-refractivity contribution is -0.127. The number of fused-ring (bicyclic) bond motifs is 2. The normalized spacial score (nSPS) is 15.5. The first-order chi connectivity index (χ1) is 14.7. The van der Waals surface area contributed by atoms with E-state index in [1.807, 2.05) is 50.2 Å². The highest BCUT2D eigenvalue weighted by atomic mass is 32.1. The minimum absolute atomic E-state index is 0.0292. The molecule has 1 aromatic heterocycles. The van der Waals surface area contributed by atoms with E-state index in [0.29, 0.717) is 41.2 Å². The molecular formula is C24H27N3O3S. The second-order valence-electron chi connectivity index (χ2n) is 8.94. The fourth-order valence-electron chi connectivity index (χ4n) is 3.49. The van der Waals surface area contributed by atoms with Crippen LogP contribution in [0.2, 0.25) is 0 Å². The number of carbonyl (C=O) groups excluding carboxylic acids is 2. The topological polar surface area (TPSA) is 71.5 Å². The lowest BCUT2D eigenvalue weighted by atomic mass is 9.92. The van der Waals surface area contributed by atoms with Crippen molar-refractivity contribution in [2.45, 2.75) is 34.1 Å². The van der Waals surface area contributed by atoms with Gasteiger partial charge in [0.2, 0.25) is 5.91 Å². The van der Waals surface area contributed by atoms with E-state index in [1.165, 1.54) is 11.3 Å². The van der Waals surface area contributed by atoms with E-state index in [2.05, 4.69) is 24.1 Å². The SMILES string of the molecule is CC(C)CCN1C(=O)C(C)(C)COc2ccc(NC(=O)c3nc4ccccc4s3)cc21. The van der Waals surface area contributed by atoms with Gasteiger partial charge in [-0.2, -0.15) is 0 Å². The minimum Gasteiger partial charge on any atom is -0.490 e. The van der Waals surface area contributed by atoms with Crippen molar-refractivity contribution in [3.05, 3.63) is 47.5 Å². The number of para-hydroxylation sites is 1. The first-order valence-corrected chi connectivity index (χ1v) is 11.3. The summed E-state index contributed by atoms with van der Waals surface area (Å²) in [6, 6.07) is 13.1. The quantitative estimate of drug-likeness (QED) is 0.584. The third-order valence-corrected chi connectivity index (χ3v) is 6.37. The molecule has 1 aliphatic heterocycles. The van der Waals surface area contributed by atoms with Gasteiger partial charge in [0.15, 0.2) is 5.01 Å². The van der Waals surface area contributed by atoms with Gasteiger partial charge in [-0.25, -0.2) is 4.98 Å². The zero-order valence-corrected chi connectivity index (χ0v) is 19.1. The van der Waals surface area contributed by atoms with Crippen LogP contribution in [0, 0.1) is 11.3 Å². The third-order valence-electron chi connectivity index (χ3n) is 5.34. The Kier molecular flexibility index (Phi) is 5.71. The fourth-order valence-corrected chi connectivity index (χ4v) is 4.35. The van der Waals surface area contributed by atoms with Crippen molar-refractivity contribution in [1.82, 2.24) is 4.98 Å². The summed E-state index contributed by atoms with van der Waals surface area (Å²) in [5, 5.41) is 3.33. The molecule has 2 amide bonds. The van der Waals surface area contributed by atoms with E-state index >= 15 is 0 Å². The molecule has 1 N–H and O–H groups in total. The summed E-state index contributed by atoms with van der Waals surface area (Å²) in [6.07, 6.45) is 0.879. The average Bonchev–Trinajstić information content (AvgIpc) is 3.14. The van der Waals surface area contributed by atoms with Gasteiger partial charge in [0.05, 0.1) is 21.3 Å². The number of nitrogens with one attached hydrogen (secondary N) is 1. The zero-order chi connectivity index (χ0) is 22.2. The molecule has 0 bridgehead atoms. The molecule has 1 aliphatic rings. The van der Waals surface area contributed by atoms with Gasteiger partial charge in [0, 0.05) is 12.2 Å². The standard InChI is InChI=1S/C24H27N3O3S/c1-15(2)11-12-27-18-13-16(9-10-19(18)30-14-24(3,4)23(27)29)25-21(28)22-26-17-7-5-6-8-20(17)31-22/h5-10,13,15H,11-12,14H2,1-4H3,(H,25,28). The van der Waals surface area contributed by atoms with Crippen molar-refractivity contribution in [2.75, 3.05) is 23.4 Å². The Bertz CT molecular complexity index is 1100. The molecule has 31 heavy (non-hydrogen) atoms. The van der Waals surface area contributed by atoms with E-state index in [4.69, 9.17) is 4.74 Å². The summed E-state index contributed by atoms with van der Waals surface area (Å²) in [5.74, 6) is 0.878. The van der Waals surface area contributed by atoms with Crippen molar-refractivity contribution in [3.63, 3.8) is 0 Å². The molecule has 4 rings (SSSR count). The van der Waals surface area contributed by atoms with Crippen LogP contribution in [0.3, 0.4) is 0 Å². The van der Waals surface area contributed by atoms with Gasteiger partial charge in [-0.05, 0) is 56.5 Å². The highest BCUT2D eigenvalue weighted by Gasteiger charge is 2.37. The summed E-state index contributed by atoms with van der Waals surface area (Å²) in [7, 11) is 0. The van der Waals surface area contributed by atoms with Crippen LogP contribution in [0.15, 0.2) is 42.5 Å². The Labute approximate surface area is 186 Å². The predicted molar refractivity (Wildman–Crippen MR) is 125 cm³/mol. The van der Waals surface area contributed by atoms with E-state index in [0.717, 1.165) is 16.6 Å². The van der Waals surface area contributed by atoms with Crippen LogP contribution in [0.1, 0.15) is 43.9 Å². The molecule has 7 heteroatoms. The number of benzene rings is 2. The van der Waals surface area contributed by atoms with Gasteiger partial charge in [0.25, 0.3) is 5.91 Å². The monoisotopic (exact) mass is 437 g/mol. The summed E-state index contributed by atoms with van der Waals surface area (Å²) in [6.45, 7) is 9.00. The van der Waals surface area contributed by atoms with Crippen molar-refractivity contribution in [2.24, 2.45) is 11.3 Å². The molecule has 0 saturated heterocycles. The van der Waals surface area contributed by atoms with Gasteiger partial charge in [-0.15, -0.1) is 11.3 Å². The van der Waals surface area contributed by atoms with Gasteiger partial charge < -0.3 is 15.0 Å². The van der Waals surface area contributed by atoms with E-state index in [1.54, 1.807) is 11.0 Å². The van der Waals surface area contributed by atoms with E-state index < -0.39 is 5.41 Å². The summed E-state index contributed by atoms with van der Waals surface area (Å²) in [4.78, 5) is 32.3. The van der Waals surface area contributed by atoms with Crippen molar-refractivity contribution in [3.8, 4) is 5.75 Å². The van der Waals surface area contributed by atoms with Crippen molar-refractivity contribution >= 4 is 44.7 Å². The summed E-state index contributed by atoms with van der Waals surface area (Å²) in [5.41, 5.74) is 1.48. The number of hydrogen-bond acceptors (Lipinski definition) is 5. The number of nitrogens with zero attached hydrogens (tertiary/aromatic N) is 2. The minimum atomic E-state index is -0.625. The largest absolute Gasteiger partial charge is 0.490 e. The molecule has 6 nitrogen and oxygen atoms in total. The molecule has 0 saturated carbocycles. The first-order valence-electron chi connectivity index (χ1n) is 10.5. The second kappa shape index (κ2) is 8.30. The van der Waals surface area contributed by atoms with Crippen LogP contribution in [0.4, 0.5) is 11.4 Å². The van der Waals surface area contributed by atoms with Crippen LogP contribution >= 0.6 is 11.3 Å². The number of thiazole rings is 1. The summed E-state index contributed by atoms with van der Waals surface area (Å²) >= 11 is 1.36. The Hall–Kier alpha value is -2.93. The maximum Gasteiger partial charge on any atom is 0.284 e. The number of aromatic nitrogens is 1. The van der Waals surface area contributed by atoms with Crippen LogP contribution in [0.5, 0.6) is 5.75 Å². The molecular weight excluding hydrogens is 410 g/mol. The zero-order valence-electron chi connectivity index (χ0n) is 18.3. The van der Waals surface area contributed by atoms with E-state index in [-0.39, 0.29) is 11.8 Å². The third kappa shape index (κ3) is 4.42. The lowest BCUT2D eigenvalue weighted by Gasteiger charge is -2.28. The van der Waals surface area contributed by atoms with Crippen LogP contribution in [-0.2, 0) is 4.79 Å². The van der Waals surface area contributed by atoms with Crippen molar-refractivity contribution in [1.29, 1.82) is 0 Å². The average molecular weight is 438 g/mol. The molecule has 2 heterocycles. The highest BCUT2D eigenvalue weighted by Crippen LogP contribution is 2.38. The highest BCUT2D eigenvalue weighted by molar-refractivity contribution is 7.20. The van der Waals surface area contributed by atoms with Crippen LogP contribution in [0.25, 0.3) is 10.2 Å².